The molecule has 13 heavy (non-hydrogen) atoms. The van der Waals surface area contributed by atoms with Crippen LogP contribution < -0.4 is 5.73 Å². The molecule has 6 heteroatoms. The van der Waals surface area contributed by atoms with Crippen LogP contribution in [0.1, 0.15) is 13.8 Å². The Morgan fingerprint density at radius 2 is 1.46 bits per heavy atom. The molecule has 0 rings (SSSR count). The maximum atomic E-state index is 9.00. The van der Waals surface area contributed by atoms with Crippen LogP contribution in [0.5, 0.6) is 0 Å². The van der Waals surface area contributed by atoms with Gasteiger partial charge in [0.05, 0.1) is 6.26 Å². The van der Waals surface area contributed by atoms with E-state index in [0.717, 1.165) is 20.1 Å². The van der Waals surface area contributed by atoms with Gasteiger partial charge in [-0.05, 0) is 6.08 Å². The predicted octanol–water partition coefficient (Wildman–Crippen LogP) is 0.199. The van der Waals surface area contributed by atoms with Crippen molar-refractivity contribution in [1.82, 2.24) is 0 Å². The van der Waals surface area contributed by atoms with Crippen molar-refractivity contribution >= 4 is 11.9 Å². The van der Waals surface area contributed by atoms with Gasteiger partial charge < -0.3 is 21.1 Å². The van der Waals surface area contributed by atoms with E-state index in [1.165, 1.54) is 6.08 Å². The number of carbonyl (C=O) groups is 2. The fraction of sp³-hybridized carbons (Fsp3) is 0.429. The Morgan fingerprint density at radius 1 is 1.23 bits per heavy atom. The summed E-state index contributed by atoms with van der Waals surface area (Å²) in [6.07, 6.45) is 2.39. The molecule has 0 saturated carbocycles. The lowest BCUT2D eigenvalue weighted by Crippen LogP contribution is -1.91. The second kappa shape index (κ2) is 16.8. The largest absolute Gasteiger partial charge is 0.516 e. The van der Waals surface area contributed by atoms with E-state index in [1.54, 1.807) is 0 Å². The monoisotopic (exact) mass is 193 g/mol. The summed E-state index contributed by atoms with van der Waals surface area (Å²) in [5.74, 6) is -1.67. The highest BCUT2D eigenvalue weighted by Crippen LogP contribution is 1.52. The van der Waals surface area contributed by atoms with E-state index in [1.807, 2.05) is 0 Å². The van der Waals surface area contributed by atoms with Crippen molar-refractivity contribution < 1.29 is 24.9 Å². The van der Waals surface area contributed by atoms with E-state index >= 15 is 0 Å². The molecular weight excluding hydrogens is 178 g/mol. The second-order valence-electron chi connectivity index (χ2n) is 1.66. The minimum atomic E-state index is -0.833. The Hall–Kier alpha value is -1.56. The molecule has 0 bridgehead atoms. The first kappa shape index (κ1) is 17.5. The summed E-state index contributed by atoms with van der Waals surface area (Å²) in [5.41, 5.74) is 4.89. The van der Waals surface area contributed by atoms with Crippen LogP contribution in [-0.2, 0) is 9.59 Å². The fourth-order valence-electron chi connectivity index (χ4n) is 0.0609. The molecule has 0 aliphatic rings. The standard InChI is InChI=1S/C3H7NO.2C2H4O2/c4-2-1-3-5;2*1-2(3)4/h1,3,5H,2,4H2;2*1H3,(H,3,4). The Bertz CT molecular complexity index is 135. The molecule has 0 spiro atoms. The van der Waals surface area contributed by atoms with E-state index in [-0.39, 0.29) is 0 Å². The van der Waals surface area contributed by atoms with E-state index in [0.29, 0.717) is 6.54 Å². The number of carboxylic acids is 2. The molecule has 0 aromatic carbocycles. The summed E-state index contributed by atoms with van der Waals surface area (Å²) in [6.45, 7) is 2.58. The maximum absolute atomic E-state index is 9.00. The molecule has 0 amide bonds. The molecule has 0 aromatic rings. The third-order valence-corrected chi connectivity index (χ3v) is 0.241. The van der Waals surface area contributed by atoms with Crippen molar-refractivity contribution in [2.75, 3.05) is 6.54 Å². The topological polar surface area (TPSA) is 121 Å². The summed E-state index contributed by atoms with van der Waals surface area (Å²) in [7, 11) is 0. The number of aliphatic carboxylic acids is 2. The Labute approximate surface area is 76.3 Å². The maximum Gasteiger partial charge on any atom is 0.300 e. The molecule has 0 saturated heterocycles. The zero-order valence-electron chi connectivity index (χ0n) is 7.60. The zero-order chi connectivity index (χ0) is 11.3. The first-order chi connectivity index (χ1) is 5.88. The Kier molecular flexibility index (Phi) is 22.6. The summed E-state index contributed by atoms with van der Waals surface area (Å²) in [6, 6.07) is 0. The van der Waals surface area contributed by atoms with Crippen molar-refractivity contribution in [3.63, 3.8) is 0 Å². The van der Waals surface area contributed by atoms with Crippen LogP contribution in [0.4, 0.5) is 0 Å². The zero-order valence-corrected chi connectivity index (χ0v) is 7.60. The highest BCUT2D eigenvalue weighted by atomic mass is 16.4. The summed E-state index contributed by atoms with van der Waals surface area (Å²) in [4.78, 5) is 18.0. The van der Waals surface area contributed by atoms with Crippen molar-refractivity contribution in [3.8, 4) is 0 Å². The van der Waals surface area contributed by atoms with Crippen molar-refractivity contribution in [1.29, 1.82) is 0 Å². The van der Waals surface area contributed by atoms with Gasteiger partial charge in [0.25, 0.3) is 11.9 Å². The molecule has 0 fully saturated rings. The average Bonchev–Trinajstić information content (AvgIpc) is 1.86. The van der Waals surface area contributed by atoms with Gasteiger partial charge in [0.1, 0.15) is 0 Å². The molecule has 78 valence electrons. The van der Waals surface area contributed by atoms with Crippen LogP contribution in [0.15, 0.2) is 12.3 Å². The molecule has 0 heterocycles. The van der Waals surface area contributed by atoms with Gasteiger partial charge in [-0.1, -0.05) is 0 Å². The first-order valence-corrected chi connectivity index (χ1v) is 3.26. The van der Waals surface area contributed by atoms with Gasteiger partial charge in [-0.2, -0.15) is 0 Å². The number of carboxylic acid groups (broad SMARTS) is 2. The molecule has 0 aliphatic heterocycles. The molecular formula is C7H15NO5. The van der Waals surface area contributed by atoms with E-state index in [4.69, 9.17) is 30.6 Å². The minimum Gasteiger partial charge on any atom is -0.516 e. The van der Waals surface area contributed by atoms with Gasteiger partial charge >= 0.3 is 0 Å². The minimum absolute atomic E-state index is 0.413. The number of aliphatic hydroxyl groups excluding tert-OH is 1. The van der Waals surface area contributed by atoms with Crippen molar-refractivity contribution in [3.05, 3.63) is 12.3 Å². The number of aliphatic hydroxyl groups is 1. The first-order valence-electron chi connectivity index (χ1n) is 3.26. The molecule has 0 radical (unpaired) electrons. The Balaban J connectivity index is -0.000000117. The molecule has 0 unspecified atom stereocenters. The lowest BCUT2D eigenvalue weighted by Gasteiger charge is -1.67. The van der Waals surface area contributed by atoms with E-state index in [9.17, 15) is 0 Å². The highest BCUT2D eigenvalue weighted by Gasteiger charge is 1.65. The van der Waals surface area contributed by atoms with Crippen LogP contribution in [0.3, 0.4) is 0 Å². The number of rotatable bonds is 1. The number of hydrogen-bond donors (Lipinski definition) is 4. The summed E-state index contributed by atoms with van der Waals surface area (Å²) in [5, 5.41) is 22.6. The highest BCUT2D eigenvalue weighted by molar-refractivity contribution is 5.63. The Morgan fingerprint density at radius 3 is 1.46 bits per heavy atom. The second-order valence-corrected chi connectivity index (χ2v) is 1.66. The van der Waals surface area contributed by atoms with Crippen LogP contribution in [-0.4, -0.2) is 33.8 Å². The van der Waals surface area contributed by atoms with Crippen molar-refractivity contribution in [2.24, 2.45) is 5.73 Å². The molecule has 0 aliphatic carbocycles. The van der Waals surface area contributed by atoms with Crippen molar-refractivity contribution in [2.45, 2.75) is 13.8 Å². The third kappa shape index (κ3) is 3840. The van der Waals surface area contributed by atoms with Gasteiger partial charge in [-0.3, -0.25) is 9.59 Å². The predicted molar refractivity (Wildman–Crippen MR) is 47.4 cm³/mol. The van der Waals surface area contributed by atoms with E-state index in [2.05, 4.69) is 0 Å². The summed E-state index contributed by atoms with van der Waals surface area (Å²) >= 11 is 0. The lowest BCUT2D eigenvalue weighted by atomic mass is 10.6. The number of nitrogens with two attached hydrogens (primary N) is 1. The van der Waals surface area contributed by atoms with Crippen LogP contribution in [0, 0.1) is 0 Å². The van der Waals surface area contributed by atoms with Crippen LogP contribution >= 0.6 is 0 Å². The molecule has 5 N–H and O–H groups in total. The van der Waals surface area contributed by atoms with Gasteiger partial charge in [-0.15, -0.1) is 0 Å². The van der Waals surface area contributed by atoms with Gasteiger partial charge in [0, 0.05) is 20.4 Å². The SMILES string of the molecule is CC(=O)O.CC(=O)O.NCC=CO. The smallest absolute Gasteiger partial charge is 0.300 e. The normalized spacial score (nSPS) is 7.62. The quantitative estimate of drug-likeness (QED) is 0.441. The number of hydrogen-bond acceptors (Lipinski definition) is 4. The van der Waals surface area contributed by atoms with E-state index < -0.39 is 11.9 Å². The van der Waals surface area contributed by atoms with Crippen LogP contribution in [0.2, 0.25) is 0 Å². The van der Waals surface area contributed by atoms with Gasteiger partial charge in [0.15, 0.2) is 0 Å². The molecule has 6 nitrogen and oxygen atoms in total. The summed E-state index contributed by atoms with van der Waals surface area (Å²) < 4.78 is 0. The van der Waals surface area contributed by atoms with Gasteiger partial charge in [-0.25, -0.2) is 0 Å². The lowest BCUT2D eigenvalue weighted by molar-refractivity contribution is -0.135. The van der Waals surface area contributed by atoms with Crippen LogP contribution in [0.25, 0.3) is 0 Å². The fourth-order valence-corrected chi connectivity index (χ4v) is 0.0609. The van der Waals surface area contributed by atoms with Gasteiger partial charge in [0.2, 0.25) is 0 Å². The molecule has 0 atom stereocenters. The molecule has 0 aromatic heterocycles. The third-order valence-electron chi connectivity index (χ3n) is 0.241. The average molecular weight is 193 g/mol.